The van der Waals surface area contributed by atoms with E-state index in [1.54, 1.807) is 17.7 Å². The molecule has 0 saturated carbocycles. The van der Waals surface area contributed by atoms with Crippen LogP contribution in [0.15, 0.2) is 24.3 Å². The minimum atomic E-state index is -0.491. The number of carbonyl (C=O) groups excluding carboxylic acids is 1. The zero-order valence-electron chi connectivity index (χ0n) is 10.4. The molecule has 1 aromatic heterocycles. The van der Waals surface area contributed by atoms with Crippen LogP contribution < -0.4 is 10.5 Å². The van der Waals surface area contributed by atoms with Gasteiger partial charge in [-0.3, -0.25) is 4.57 Å². The molecule has 1 heterocycles. The first-order valence-electron chi connectivity index (χ1n) is 5.32. The van der Waals surface area contributed by atoms with Crippen LogP contribution in [0, 0.1) is 3.95 Å². The van der Waals surface area contributed by atoms with Crippen LogP contribution in [0.2, 0.25) is 0 Å². The quantitative estimate of drug-likeness (QED) is 0.696. The van der Waals surface area contributed by atoms with Crippen molar-refractivity contribution in [3.8, 4) is 11.4 Å². The Bertz CT molecular complexity index is 676. The molecular weight excluding hydrogens is 284 g/mol. The number of benzene rings is 1. The van der Waals surface area contributed by atoms with E-state index in [-0.39, 0.29) is 5.82 Å². The van der Waals surface area contributed by atoms with Gasteiger partial charge in [-0.1, -0.05) is 17.4 Å². The van der Waals surface area contributed by atoms with Gasteiger partial charge in [-0.05, 0) is 24.4 Å². The number of methoxy groups -OCH3 is 2. The number of ether oxygens (including phenoxy) is 2. The Morgan fingerprint density at radius 2 is 2.16 bits per heavy atom. The van der Waals surface area contributed by atoms with E-state index in [9.17, 15) is 4.79 Å². The van der Waals surface area contributed by atoms with E-state index in [0.29, 0.717) is 14.6 Å². The van der Waals surface area contributed by atoms with Gasteiger partial charge < -0.3 is 15.2 Å². The maximum atomic E-state index is 11.6. The lowest BCUT2D eigenvalue weighted by Gasteiger charge is -2.07. The van der Waals surface area contributed by atoms with Gasteiger partial charge in [-0.15, -0.1) is 0 Å². The van der Waals surface area contributed by atoms with Crippen molar-refractivity contribution >= 4 is 35.3 Å². The predicted molar refractivity (Wildman–Crippen MR) is 76.8 cm³/mol. The molecule has 0 aliphatic heterocycles. The van der Waals surface area contributed by atoms with Gasteiger partial charge in [-0.2, -0.15) is 0 Å². The van der Waals surface area contributed by atoms with Crippen LogP contribution in [0.4, 0.5) is 5.82 Å². The normalized spacial score (nSPS) is 10.2. The van der Waals surface area contributed by atoms with E-state index >= 15 is 0 Å². The highest BCUT2D eigenvalue weighted by molar-refractivity contribution is 7.73. The van der Waals surface area contributed by atoms with Crippen molar-refractivity contribution in [2.24, 2.45) is 0 Å². The van der Waals surface area contributed by atoms with E-state index in [1.165, 1.54) is 7.11 Å². The lowest BCUT2D eigenvalue weighted by Crippen LogP contribution is -2.06. The maximum Gasteiger partial charge on any atom is 0.351 e. The van der Waals surface area contributed by atoms with Gasteiger partial charge in [0, 0.05) is 6.07 Å². The average molecular weight is 296 g/mol. The van der Waals surface area contributed by atoms with Gasteiger partial charge in [0.05, 0.1) is 19.9 Å². The summed E-state index contributed by atoms with van der Waals surface area (Å²) in [6.07, 6.45) is 0. The van der Waals surface area contributed by atoms with E-state index in [0.717, 1.165) is 17.0 Å². The monoisotopic (exact) mass is 296 g/mol. The first kappa shape index (κ1) is 13.6. The van der Waals surface area contributed by atoms with Crippen molar-refractivity contribution in [1.82, 2.24) is 4.57 Å². The van der Waals surface area contributed by atoms with Crippen molar-refractivity contribution in [3.63, 3.8) is 0 Å². The number of nitrogen functional groups attached to an aromatic ring is 1. The van der Waals surface area contributed by atoms with Gasteiger partial charge in [0.25, 0.3) is 0 Å². The molecule has 0 saturated heterocycles. The molecule has 0 unspecified atom stereocenters. The molecule has 0 aliphatic carbocycles. The zero-order chi connectivity index (χ0) is 14.0. The third-order valence-electron chi connectivity index (χ3n) is 2.53. The van der Waals surface area contributed by atoms with Gasteiger partial charge in [0.2, 0.25) is 0 Å². The first-order chi connectivity index (χ1) is 9.08. The number of carbonyl (C=O) groups is 1. The third-order valence-corrected chi connectivity index (χ3v) is 3.90. The molecule has 0 radical (unpaired) electrons. The zero-order valence-corrected chi connectivity index (χ0v) is 12.0. The molecule has 0 fully saturated rings. The van der Waals surface area contributed by atoms with Crippen LogP contribution in [0.1, 0.15) is 9.67 Å². The van der Waals surface area contributed by atoms with E-state index in [1.807, 2.05) is 18.2 Å². The van der Waals surface area contributed by atoms with Crippen LogP contribution in [-0.4, -0.2) is 24.8 Å². The van der Waals surface area contributed by atoms with Crippen molar-refractivity contribution < 1.29 is 14.3 Å². The summed E-state index contributed by atoms with van der Waals surface area (Å²) in [4.78, 5) is 11.9. The Labute approximate surface area is 119 Å². The molecule has 7 heteroatoms. The Hall–Kier alpha value is -1.86. The molecule has 1 aromatic carbocycles. The number of rotatable bonds is 3. The SMILES string of the molecule is COC(=O)c1sc(=S)n(-c2cccc(OC)c2)c1N. The molecule has 19 heavy (non-hydrogen) atoms. The van der Waals surface area contributed by atoms with E-state index in [4.69, 9.17) is 22.7 Å². The fraction of sp³-hybridized carbons (Fsp3) is 0.167. The van der Waals surface area contributed by atoms with Crippen molar-refractivity contribution in [2.75, 3.05) is 20.0 Å². The number of hydrogen-bond acceptors (Lipinski definition) is 6. The number of nitrogens with two attached hydrogens (primary N) is 1. The van der Waals surface area contributed by atoms with Gasteiger partial charge in [0.15, 0.2) is 8.83 Å². The number of thiazole rings is 1. The van der Waals surface area contributed by atoms with Crippen LogP contribution in [0.25, 0.3) is 5.69 Å². The molecule has 2 rings (SSSR count). The summed E-state index contributed by atoms with van der Waals surface area (Å²) in [6.45, 7) is 0. The van der Waals surface area contributed by atoms with E-state index < -0.39 is 5.97 Å². The summed E-state index contributed by atoms with van der Waals surface area (Å²) < 4.78 is 11.9. The highest BCUT2D eigenvalue weighted by Crippen LogP contribution is 2.28. The standard InChI is InChI=1S/C12H12N2O3S2/c1-16-8-5-3-4-7(6-8)14-10(13)9(11(15)17-2)19-12(14)18/h3-6H,13H2,1-2H3. The van der Waals surface area contributed by atoms with Crippen LogP contribution in [0.3, 0.4) is 0 Å². The number of esters is 1. The van der Waals surface area contributed by atoms with Gasteiger partial charge >= 0.3 is 5.97 Å². The van der Waals surface area contributed by atoms with Crippen LogP contribution >= 0.6 is 23.6 Å². The lowest BCUT2D eigenvalue weighted by molar-refractivity contribution is 0.0607. The smallest absolute Gasteiger partial charge is 0.351 e. The molecule has 0 spiro atoms. The second kappa shape index (κ2) is 5.41. The lowest BCUT2D eigenvalue weighted by atomic mass is 10.3. The summed E-state index contributed by atoms with van der Waals surface area (Å²) in [5, 5.41) is 0. The molecule has 0 bridgehead atoms. The van der Waals surface area contributed by atoms with E-state index in [2.05, 4.69) is 4.74 Å². The molecule has 0 aliphatic rings. The largest absolute Gasteiger partial charge is 0.497 e. The van der Waals surface area contributed by atoms with Crippen LogP contribution in [-0.2, 0) is 4.74 Å². The maximum absolute atomic E-state index is 11.6. The topological polar surface area (TPSA) is 66.5 Å². The number of hydrogen-bond donors (Lipinski definition) is 1. The minimum absolute atomic E-state index is 0.273. The molecular formula is C12H12N2O3S2. The molecule has 100 valence electrons. The molecule has 5 nitrogen and oxygen atoms in total. The fourth-order valence-corrected chi connectivity index (χ4v) is 2.90. The minimum Gasteiger partial charge on any atom is -0.497 e. The van der Waals surface area contributed by atoms with Gasteiger partial charge in [0.1, 0.15) is 11.6 Å². The summed E-state index contributed by atoms with van der Waals surface area (Å²) in [5.41, 5.74) is 6.71. The average Bonchev–Trinajstić information content (AvgIpc) is 2.73. The van der Waals surface area contributed by atoms with Crippen LogP contribution in [0.5, 0.6) is 5.75 Å². The highest BCUT2D eigenvalue weighted by Gasteiger charge is 2.18. The fourth-order valence-electron chi connectivity index (χ4n) is 1.62. The Morgan fingerprint density at radius 1 is 1.42 bits per heavy atom. The van der Waals surface area contributed by atoms with Crippen molar-refractivity contribution in [1.29, 1.82) is 0 Å². The number of aromatic nitrogens is 1. The number of nitrogens with zero attached hydrogens (tertiary/aromatic N) is 1. The summed E-state index contributed by atoms with van der Waals surface area (Å²) in [6, 6.07) is 7.27. The second-order valence-corrected chi connectivity index (χ2v) is 5.25. The number of anilines is 1. The second-order valence-electron chi connectivity index (χ2n) is 3.61. The van der Waals surface area contributed by atoms with Crippen molar-refractivity contribution in [2.45, 2.75) is 0 Å². The summed E-state index contributed by atoms with van der Waals surface area (Å²) in [7, 11) is 2.88. The molecule has 0 atom stereocenters. The highest BCUT2D eigenvalue weighted by atomic mass is 32.1. The Kier molecular flexibility index (Phi) is 3.87. The summed E-state index contributed by atoms with van der Waals surface area (Å²) >= 11 is 6.36. The summed E-state index contributed by atoms with van der Waals surface area (Å²) in [5.74, 6) is 0.468. The molecule has 2 aromatic rings. The first-order valence-corrected chi connectivity index (χ1v) is 6.55. The Morgan fingerprint density at radius 3 is 2.79 bits per heavy atom. The molecule has 2 N–H and O–H groups in total. The van der Waals surface area contributed by atoms with Gasteiger partial charge in [-0.25, -0.2) is 4.79 Å². The third kappa shape index (κ3) is 2.47. The Balaban J connectivity index is 2.59. The van der Waals surface area contributed by atoms with Crippen molar-refractivity contribution in [3.05, 3.63) is 33.1 Å². The molecule has 0 amide bonds. The predicted octanol–water partition coefficient (Wildman–Crippen LogP) is 2.65.